The first-order valence-electron chi connectivity index (χ1n) is 3.35. The molecule has 0 saturated carbocycles. The molecule has 0 aromatic heterocycles. The fourth-order valence-corrected chi connectivity index (χ4v) is 2.01. The molecule has 0 N–H and O–H groups in total. The zero-order chi connectivity index (χ0) is 9.35. The summed E-state index contributed by atoms with van der Waals surface area (Å²) in [5.41, 5.74) is -0.580. The van der Waals surface area contributed by atoms with E-state index in [1.807, 2.05) is 6.92 Å². The van der Waals surface area contributed by atoms with Crippen molar-refractivity contribution in [2.24, 2.45) is 0 Å². The standard InChI is InChI=1S/C8H8BrClO2/c1-8(12-2)3-5(9)7(11)6(10)4-8/h3-4H,1-2H3. The van der Waals surface area contributed by atoms with Gasteiger partial charge in [0.05, 0.1) is 9.51 Å². The number of rotatable bonds is 1. The molecule has 0 bridgehead atoms. The Labute approximate surface area is 84.4 Å². The molecule has 4 heteroatoms. The first-order valence-corrected chi connectivity index (χ1v) is 4.52. The van der Waals surface area contributed by atoms with Gasteiger partial charge in [-0.25, -0.2) is 0 Å². The molecule has 1 unspecified atom stereocenters. The Balaban J connectivity index is 3.07. The van der Waals surface area contributed by atoms with E-state index < -0.39 is 5.60 Å². The highest BCUT2D eigenvalue weighted by molar-refractivity contribution is 9.12. The maximum Gasteiger partial charge on any atom is 0.210 e. The number of carbonyl (C=O) groups excluding carboxylic acids is 1. The van der Waals surface area contributed by atoms with Gasteiger partial charge in [-0.3, -0.25) is 4.79 Å². The number of halogens is 2. The molecule has 0 aromatic rings. The highest BCUT2D eigenvalue weighted by Crippen LogP contribution is 2.29. The van der Waals surface area contributed by atoms with Crippen molar-refractivity contribution in [2.45, 2.75) is 12.5 Å². The van der Waals surface area contributed by atoms with Gasteiger partial charge in [-0.1, -0.05) is 11.6 Å². The first kappa shape index (κ1) is 9.96. The predicted molar refractivity (Wildman–Crippen MR) is 51.4 cm³/mol. The van der Waals surface area contributed by atoms with Crippen LogP contribution in [0.1, 0.15) is 6.92 Å². The minimum atomic E-state index is -0.580. The van der Waals surface area contributed by atoms with Gasteiger partial charge in [-0.05, 0) is 35.0 Å². The summed E-state index contributed by atoms with van der Waals surface area (Å²) in [6, 6.07) is 0. The summed E-state index contributed by atoms with van der Waals surface area (Å²) in [5.74, 6) is -0.203. The average molecular weight is 252 g/mol. The number of ether oxygens (including phenoxy) is 1. The normalized spacial score (nSPS) is 29.8. The van der Waals surface area contributed by atoms with Crippen LogP contribution in [-0.2, 0) is 9.53 Å². The number of carbonyl (C=O) groups is 1. The second kappa shape index (κ2) is 3.32. The monoisotopic (exact) mass is 250 g/mol. The quantitative estimate of drug-likeness (QED) is 0.715. The summed E-state index contributed by atoms with van der Waals surface area (Å²) < 4.78 is 5.59. The Kier molecular flexibility index (Phi) is 2.76. The van der Waals surface area contributed by atoms with E-state index in [9.17, 15) is 4.79 Å². The Morgan fingerprint density at radius 1 is 1.58 bits per heavy atom. The van der Waals surface area contributed by atoms with Crippen molar-refractivity contribution in [1.82, 2.24) is 0 Å². The lowest BCUT2D eigenvalue weighted by Gasteiger charge is -2.24. The van der Waals surface area contributed by atoms with Gasteiger partial charge in [-0.15, -0.1) is 0 Å². The largest absolute Gasteiger partial charge is 0.370 e. The van der Waals surface area contributed by atoms with Crippen molar-refractivity contribution in [3.8, 4) is 0 Å². The van der Waals surface area contributed by atoms with Crippen molar-refractivity contribution in [3.05, 3.63) is 21.7 Å². The lowest BCUT2D eigenvalue weighted by atomic mass is 10.00. The average Bonchev–Trinajstić information content (AvgIpc) is 2.00. The van der Waals surface area contributed by atoms with Gasteiger partial charge < -0.3 is 4.74 Å². The summed E-state index contributed by atoms with van der Waals surface area (Å²) in [6.07, 6.45) is 3.27. The molecule has 0 fully saturated rings. The van der Waals surface area contributed by atoms with E-state index in [0.29, 0.717) is 4.48 Å². The zero-order valence-electron chi connectivity index (χ0n) is 6.73. The molecule has 0 amide bonds. The minimum Gasteiger partial charge on any atom is -0.370 e. The van der Waals surface area contributed by atoms with Crippen molar-refractivity contribution in [1.29, 1.82) is 0 Å². The smallest absolute Gasteiger partial charge is 0.210 e. The third-order valence-corrected chi connectivity index (χ3v) is 2.57. The van der Waals surface area contributed by atoms with Crippen molar-refractivity contribution in [2.75, 3.05) is 7.11 Å². The molecule has 0 spiro atoms. The molecule has 12 heavy (non-hydrogen) atoms. The van der Waals surface area contributed by atoms with E-state index in [1.54, 1.807) is 19.3 Å². The van der Waals surface area contributed by atoms with Crippen LogP contribution >= 0.6 is 27.5 Å². The van der Waals surface area contributed by atoms with E-state index in [-0.39, 0.29) is 10.8 Å². The van der Waals surface area contributed by atoms with Gasteiger partial charge >= 0.3 is 0 Å². The summed E-state index contributed by atoms with van der Waals surface area (Å²) in [7, 11) is 1.56. The fraction of sp³-hybridized carbons (Fsp3) is 0.375. The predicted octanol–water partition coefficient (Wildman–Crippen LogP) is 2.38. The van der Waals surface area contributed by atoms with Crippen molar-refractivity contribution in [3.63, 3.8) is 0 Å². The van der Waals surface area contributed by atoms with Crippen LogP contribution in [0.2, 0.25) is 0 Å². The van der Waals surface area contributed by atoms with E-state index in [4.69, 9.17) is 16.3 Å². The van der Waals surface area contributed by atoms with Gasteiger partial charge in [0.2, 0.25) is 5.78 Å². The van der Waals surface area contributed by atoms with Gasteiger partial charge in [0.25, 0.3) is 0 Å². The number of allylic oxidation sites excluding steroid dienone is 2. The lowest BCUT2D eigenvalue weighted by molar-refractivity contribution is -0.111. The molecule has 1 atom stereocenters. The molecule has 2 nitrogen and oxygen atoms in total. The van der Waals surface area contributed by atoms with Gasteiger partial charge in [0.15, 0.2) is 0 Å². The van der Waals surface area contributed by atoms with Crippen LogP contribution in [0.4, 0.5) is 0 Å². The van der Waals surface area contributed by atoms with Crippen LogP contribution in [0.3, 0.4) is 0 Å². The number of hydrogen-bond acceptors (Lipinski definition) is 2. The maximum absolute atomic E-state index is 11.2. The summed E-state index contributed by atoms with van der Waals surface area (Å²) in [5, 5.41) is 0.189. The molecule has 66 valence electrons. The Hall–Kier alpha value is -0.120. The number of Topliss-reactive ketones (excluding diaryl/α,β-unsaturated/α-hetero) is 1. The van der Waals surface area contributed by atoms with Crippen LogP contribution in [0, 0.1) is 0 Å². The molecule has 1 aliphatic rings. The third-order valence-electron chi connectivity index (χ3n) is 1.70. The van der Waals surface area contributed by atoms with Crippen LogP contribution in [0.25, 0.3) is 0 Å². The third kappa shape index (κ3) is 1.79. The molecule has 0 heterocycles. The first-order chi connectivity index (χ1) is 5.48. The minimum absolute atomic E-state index is 0.189. The molecule has 0 aliphatic heterocycles. The highest BCUT2D eigenvalue weighted by Gasteiger charge is 2.28. The topological polar surface area (TPSA) is 26.3 Å². The Morgan fingerprint density at radius 3 is 2.58 bits per heavy atom. The molecule has 0 radical (unpaired) electrons. The summed E-state index contributed by atoms with van der Waals surface area (Å²) in [4.78, 5) is 11.2. The number of hydrogen-bond donors (Lipinski definition) is 0. The van der Waals surface area contributed by atoms with Crippen molar-refractivity contribution < 1.29 is 9.53 Å². The zero-order valence-corrected chi connectivity index (χ0v) is 9.07. The van der Waals surface area contributed by atoms with Crippen molar-refractivity contribution >= 4 is 33.3 Å². The highest BCUT2D eigenvalue weighted by atomic mass is 79.9. The van der Waals surface area contributed by atoms with Crippen LogP contribution in [0.15, 0.2) is 21.7 Å². The number of ketones is 1. The van der Waals surface area contributed by atoms with Crippen LogP contribution in [-0.4, -0.2) is 18.5 Å². The fourth-order valence-electron chi connectivity index (χ4n) is 0.908. The molecule has 1 aliphatic carbocycles. The van der Waals surface area contributed by atoms with Gasteiger partial charge in [-0.2, -0.15) is 0 Å². The molecule has 1 rings (SSSR count). The van der Waals surface area contributed by atoms with E-state index in [0.717, 1.165) is 0 Å². The Bertz CT molecular complexity index is 259. The van der Waals surface area contributed by atoms with Crippen LogP contribution in [0.5, 0.6) is 0 Å². The maximum atomic E-state index is 11.2. The second-order valence-corrected chi connectivity index (χ2v) is 3.96. The van der Waals surface area contributed by atoms with Crippen LogP contribution < -0.4 is 0 Å². The molecular weight excluding hydrogens is 243 g/mol. The summed E-state index contributed by atoms with van der Waals surface area (Å²) in [6.45, 7) is 1.82. The SMILES string of the molecule is COC1(C)C=C(Cl)C(=O)C(Br)=C1. The van der Waals surface area contributed by atoms with E-state index >= 15 is 0 Å². The summed E-state index contributed by atoms with van der Waals surface area (Å²) >= 11 is 8.80. The second-order valence-electron chi connectivity index (χ2n) is 2.70. The lowest BCUT2D eigenvalue weighted by Crippen LogP contribution is -2.26. The van der Waals surface area contributed by atoms with Gasteiger partial charge in [0, 0.05) is 7.11 Å². The molecular formula is C8H8BrClO2. The Morgan fingerprint density at radius 2 is 2.17 bits per heavy atom. The van der Waals surface area contributed by atoms with Gasteiger partial charge in [0.1, 0.15) is 5.60 Å². The number of methoxy groups -OCH3 is 1. The molecule has 0 aromatic carbocycles. The molecule has 0 saturated heterocycles. The van der Waals surface area contributed by atoms with E-state index in [2.05, 4.69) is 15.9 Å². The van der Waals surface area contributed by atoms with E-state index in [1.165, 1.54) is 0 Å².